The number of carbonyl (C=O) groups is 1. The fraction of sp³-hybridized carbons (Fsp3) is 0.700. The van der Waals surface area contributed by atoms with Gasteiger partial charge in [0.2, 0.25) is 0 Å². The van der Waals surface area contributed by atoms with Gasteiger partial charge < -0.3 is 9.84 Å². The molecule has 1 aliphatic rings. The molecule has 10 heteroatoms. The number of hydrogen-bond acceptors (Lipinski definition) is 3. The summed E-state index contributed by atoms with van der Waals surface area (Å²) in [6.07, 6.45) is -11.6. The minimum Gasteiger partial charge on any atom is -0.452 e. The van der Waals surface area contributed by atoms with Gasteiger partial charge in [-0.15, -0.1) is 0 Å². The third-order valence-electron chi connectivity index (χ3n) is 2.87. The first-order valence-corrected chi connectivity index (χ1v) is 5.09. The van der Waals surface area contributed by atoms with Gasteiger partial charge in [-0.3, -0.25) is 0 Å². The van der Waals surface area contributed by atoms with E-state index in [0.29, 0.717) is 0 Å². The monoisotopic (exact) mass is 310 g/mol. The number of halogens is 7. The number of ether oxygens (including phenoxy) is 1. The van der Waals surface area contributed by atoms with Crippen LogP contribution in [0.1, 0.15) is 13.3 Å². The number of rotatable bonds is 2. The van der Waals surface area contributed by atoms with Crippen LogP contribution in [0.15, 0.2) is 12.2 Å². The van der Waals surface area contributed by atoms with Crippen LogP contribution in [0.3, 0.4) is 0 Å². The van der Waals surface area contributed by atoms with Gasteiger partial charge in [0.05, 0.1) is 6.42 Å². The summed E-state index contributed by atoms with van der Waals surface area (Å²) in [6, 6.07) is 0. The fourth-order valence-corrected chi connectivity index (χ4v) is 1.73. The smallest absolute Gasteiger partial charge is 0.429 e. The van der Waals surface area contributed by atoms with E-state index in [1.54, 1.807) is 0 Å². The molecule has 2 unspecified atom stereocenters. The van der Waals surface area contributed by atoms with Gasteiger partial charge in [0.1, 0.15) is 0 Å². The highest BCUT2D eigenvalue weighted by atomic mass is 19.4. The van der Waals surface area contributed by atoms with E-state index in [0.717, 1.165) is 6.92 Å². The molecular weight excluding hydrogens is 301 g/mol. The van der Waals surface area contributed by atoms with Gasteiger partial charge in [-0.1, -0.05) is 6.58 Å². The van der Waals surface area contributed by atoms with Crippen molar-refractivity contribution in [3.63, 3.8) is 0 Å². The van der Waals surface area contributed by atoms with Gasteiger partial charge >= 0.3 is 18.1 Å². The van der Waals surface area contributed by atoms with Crippen molar-refractivity contribution in [2.45, 2.75) is 43.1 Å². The molecule has 1 aliphatic carbocycles. The molecule has 0 aliphatic heterocycles. The van der Waals surface area contributed by atoms with E-state index in [2.05, 4.69) is 11.3 Å². The van der Waals surface area contributed by atoms with Crippen molar-refractivity contribution < 1.29 is 45.4 Å². The van der Waals surface area contributed by atoms with E-state index >= 15 is 0 Å². The molecule has 1 N–H and O–H groups in total. The van der Waals surface area contributed by atoms with Crippen molar-refractivity contribution in [1.82, 2.24) is 0 Å². The molecule has 116 valence electrons. The Hall–Kier alpha value is -1.32. The zero-order chi connectivity index (χ0) is 16.1. The van der Waals surface area contributed by atoms with Crippen LogP contribution in [0.5, 0.6) is 0 Å². The zero-order valence-electron chi connectivity index (χ0n) is 9.90. The summed E-state index contributed by atoms with van der Waals surface area (Å²) >= 11 is 0. The van der Waals surface area contributed by atoms with Gasteiger partial charge in [-0.05, 0) is 6.92 Å². The molecule has 1 rings (SSSR count). The van der Waals surface area contributed by atoms with Crippen LogP contribution in [-0.4, -0.2) is 40.8 Å². The average molecular weight is 310 g/mol. The summed E-state index contributed by atoms with van der Waals surface area (Å²) in [7, 11) is 0. The summed E-state index contributed by atoms with van der Waals surface area (Å²) in [5.74, 6) is -12.2. The molecular formula is C10H9F7O3. The Balaban J connectivity index is 3.25. The van der Waals surface area contributed by atoms with Crippen LogP contribution >= 0.6 is 0 Å². The molecule has 0 radical (unpaired) electrons. The van der Waals surface area contributed by atoms with E-state index in [1.807, 2.05) is 0 Å². The van der Waals surface area contributed by atoms with Gasteiger partial charge in [0.15, 0.2) is 6.10 Å². The van der Waals surface area contributed by atoms with Gasteiger partial charge in [-0.2, -0.15) is 22.0 Å². The van der Waals surface area contributed by atoms with Crippen LogP contribution in [0, 0.1) is 0 Å². The van der Waals surface area contributed by atoms with E-state index in [1.165, 1.54) is 0 Å². The van der Waals surface area contributed by atoms with Crippen LogP contribution < -0.4 is 0 Å². The number of carbonyl (C=O) groups excluding carboxylic acids is 1. The second-order valence-electron chi connectivity index (χ2n) is 4.41. The number of alkyl halides is 7. The standard InChI is InChI=1S/C10H9F7O3/c1-4(2)6(18)20-5-3-7(11,12)9(19,8(5,13)14)10(15,16)17/h5,19H,1,3H2,2H3. The summed E-state index contributed by atoms with van der Waals surface area (Å²) in [5.41, 5.74) is -6.07. The molecule has 0 heterocycles. The molecule has 0 aromatic rings. The van der Waals surface area contributed by atoms with Gasteiger partial charge in [-0.25, -0.2) is 13.6 Å². The van der Waals surface area contributed by atoms with E-state index in [4.69, 9.17) is 5.11 Å². The highest BCUT2D eigenvalue weighted by molar-refractivity contribution is 5.87. The highest BCUT2D eigenvalue weighted by Gasteiger charge is 2.88. The third kappa shape index (κ3) is 2.05. The topological polar surface area (TPSA) is 46.5 Å². The van der Waals surface area contributed by atoms with Crippen molar-refractivity contribution in [2.24, 2.45) is 0 Å². The molecule has 0 bridgehead atoms. The summed E-state index contributed by atoms with van der Waals surface area (Å²) in [4.78, 5) is 11.0. The molecule has 3 nitrogen and oxygen atoms in total. The molecule has 0 saturated heterocycles. The highest BCUT2D eigenvalue weighted by Crippen LogP contribution is 2.60. The number of hydrogen-bond donors (Lipinski definition) is 1. The van der Waals surface area contributed by atoms with E-state index < -0.39 is 47.7 Å². The van der Waals surface area contributed by atoms with Crippen LogP contribution in [-0.2, 0) is 9.53 Å². The Morgan fingerprint density at radius 3 is 2.05 bits per heavy atom. The largest absolute Gasteiger partial charge is 0.452 e. The maximum atomic E-state index is 13.5. The molecule has 0 aromatic heterocycles. The molecule has 1 fully saturated rings. The lowest BCUT2D eigenvalue weighted by Crippen LogP contribution is -2.65. The number of esters is 1. The first-order valence-electron chi connectivity index (χ1n) is 5.09. The molecule has 1 saturated carbocycles. The Morgan fingerprint density at radius 1 is 1.30 bits per heavy atom. The first kappa shape index (κ1) is 16.7. The predicted molar refractivity (Wildman–Crippen MR) is 50.2 cm³/mol. The van der Waals surface area contributed by atoms with E-state index in [-0.39, 0.29) is 0 Å². The zero-order valence-corrected chi connectivity index (χ0v) is 9.90. The van der Waals surface area contributed by atoms with Crippen LogP contribution in [0.2, 0.25) is 0 Å². The van der Waals surface area contributed by atoms with Crippen molar-refractivity contribution in [3.05, 3.63) is 12.2 Å². The van der Waals surface area contributed by atoms with Crippen molar-refractivity contribution in [2.75, 3.05) is 0 Å². The average Bonchev–Trinajstić information content (AvgIpc) is 2.36. The normalized spacial score (nSPS) is 31.9. The molecule has 0 spiro atoms. The summed E-state index contributed by atoms with van der Waals surface area (Å²) in [6.45, 7) is 3.96. The Bertz CT molecular complexity index is 443. The van der Waals surface area contributed by atoms with Crippen molar-refractivity contribution in [1.29, 1.82) is 0 Å². The molecule has 2 atom stereocenters. The predicted octanol–water partition coefficient (Wildman–Crippen LogP) is 2.44. The lowest BCUT2D eigenvalue weighted by atomic mass is 9.94. The van der Waals surface area contributed by atoms with Crippen LogP contribution in [0.25, 0.3) is 0 Å². The third-order valence-corrected chi connectivity index (χ3v) is 2.87. The lowest BCUT2D eigenvalue weighted by Gasteiger charge is -2.35. The summed E-state index contributed by atoms with van der Waals surface area (Å²) < 4.78 is 94.7. The van der Waals surface area contributed by atoms with Crippen molar-refractivity contribution >= 4 is 5.97 Å². The lowest BCUT2D eigenvalue weighted by molar-refractivity contribution is -0.375. The SMILES string of the molecule is C=C(C)C(=O)OC1CC(F)(F)C(O)(C(F)(F)F)C1(F)F. The van der Waals surface area contributed by atoms with Gasteiger partial charge in [0.25, 0.3) is 11.5 Å². The maximum absolute atomic E-state index is 13.5. The fourth-order valence-electron chi connectivity index (χ4n) is 1.73. The molecule has 20 heavy (non-hydrogen) atoms. The minimum atomic E-state index is -6.32. The second kappa shape index (κ2) is 4.34. The minimum absolute atomic E-state index is 0.466. The number of aliphatic hydroxyl groups is 1. The Labute approximate surface area is 108 Å². The van der Waals surface area contributed by atoms with Crippen LogP contribution in [0.4, 0.5) is 30.7 Å². The van der Waals surface area contributed by atoms with Crippen molar-refractivity contribution in [3.8, 4) is 0 Å². The maximum Gasteiger partial charge on any atom is 0.429 e. The second-order valence-corrected chi connectivity index (χ2v) is 4.41. The Kier molecular flexibility index (Phi) is 3.63. The van der Waals surface area contributed by atoms with Gasteiger partial charge in [0, 0.05) is 5.57 Å². The quantitative estimate of drug-likeness (QED) is 0.484. The Morgan fingerprint density at radius 2 is 1.75 bits per heavy atom. The first-order chi connectivity index (χ1) is 8.68. The molecule has 0 amide bonds. The summed E-state index contributed by atoms with van der Waals surface area (Å²) in [5, 5.41) is 8.87. The van der Waals surface area contributed by atoms with E-state index in [9.17, 15) is 35.5 Å². The molecule has 0 aromatic carbocycles.